The van der Waals surface area contributed by atoms with Gasteiger partial charge in [-0.1, -0.05) is 23.8 Å². The number of sulfonamides is 1. The van der Waals surface area contributed by atoms with Crippen molar-refractivity contribution in [1.82, 2.24) is 5.43 Å². The van der Waals surface area contributed by atoms with E-state index in [0.717, 1.165) is 15.4 Å². The molecule has 10 nitrogen and oxygen atoms in total. The minimum Gasteiger partial charge on any atom is -0.495 e. The van der Waals surface area contributed by atoms with Crippen LogP contribution < -0.4 is 28.7 Å². The second-order valence-electron chi connectivity index (χ2n) is 8.25. The number of hydrogen-bond acceptors (Lipinski definition) is 8. The number of carbonyl (C=O) groups excluding carboxylic acids is 1. The first kappa shape index (κ1) is 28.3. The standard InChI is InChI=1S/C27H31N3O7S/c1-18-7-10-21(11-8-18)38(32,33)30(22-13-19(2)9-12-23(22)34-3)17-26(31)29-28-16-20-14-24(35-4)27(37-6)25(15-20)36-5/h7-16H,17H2,1-6H3,(H,29,31)/b28-16-. The second kappa shape index (κ2) is 12.3. The lowest BCUT2D eigenvalue weighted by Crippen LogP contribution is -2.39. The van der Waals surface area contributed by atoms with Gasteiger partial charge in [0.2, 0.25) is 5.75 Å². The number of benzene rings is 3. The summed E-state index contributed by atoms with van der Waals surface area (Å²) in [5.41, 5.74) is 4.89. The molecule has 0 saturated carbocycles. The fourth-order valence-corrected chi connectivity index (χ4v) is 5.08. The van der Waals surface area contributed by atoms with E-state index in [1.54, 1.807) is 42.5 Å². The van der Waals surface area contributed by atoms with Gasteiger partial charge in [0, 0.05) is 5.56 Å². The zero-order valence-corrected chi connectivity index (χ0v) is 23.0. The third-order valence-corrected chi connectivity index (χ3v) is 7.36. The number of hydrazone groups is 1. The maximum atomic E-state index is 13.7. The molecule has 0 bridgehead atoms. The molecule has 3 aromatic carbocycles. The molecule has 1 N–H and O–H groups in total. The van der Waals surface area contributed by atoms with Crippen molar-refractivity contribution in [2.24, 2.45) is 5.10 Å². The number of anilines is 1. The van der Waals surface area contributed by atoms with Crippen LogP contribution in [0.5, 0.6) is 23.0 Å². The summed E-state index contributed by atoms with van der Waals surface area (Å²) in [7, 11) is 1.78. The van der Waals surface area contributed by atoms with Gasteiger partial charge in [-0.25, -0.2) is 13.8 Å². The van der Waals surface area contributed by atoms with Crippen LogP contribution in [0.3, 0.4) is 0 Å². The Labute approximate surface area is 222 Å². The fraction of sp³-hybridized carbons (Fsp3) is 0.259. The Hall–Kier alpha value is -4.25. The highest BCUT2D eigenvalue weighted by Gasteiger charge is 2.29. The lowest BCUT2D eigenvalue weighted by molar-refractivity contribution is -0.119. The summed E-state index contributed by atoms with van der Waals surface area (Å²) >= 11 is 0. The highest BCUT2D eigenvalue weighted by atomic mass is 32.2. The van der Waals surface area contributed by atoms with Gasteiger partial charge in [0.15, 0.2) is 11.5 Å². The predicted molar refractivity (Wildman–Crippen MR) is 145 cm³/mol. The summed E-state index contributed by atoms with van der Waals surface area (Å²) in [4.78, 5) is 13.0. The Morgan fingerprint density at radius 2 is 1.42 bits per heavy atom. The molecule has 38 heavy (non-hydrogen) atoms. The molecule has 0 aliphatic carbocycles. The minimum atomic E-state index is -4.12. The number of ether oxygens (including phenoxy) is 4. The van der Waals surface area contributed by atoms with Crippen LogP contribution in [0, 0.1) is 13.8 Å². The van der Waals surface area contributed by atoms with E-state index in [-0.39, 0.29) is 10.6 Å². The Kier molecular flexibility index (Phi) is 9.19. The molecule has 3 rings (SSSR count). The third kappa shape index (κ3) is 6.35. The fourth-order valence-electron chi connectivity index (χ4n) is 3.65. The van der Waals surface area contributed by atoms with Crippen molar-refractivity contribution in [2.75, 3.05) is 39.3 Å². The number of amides is 1. The molecular formula is C27H31N3O7S. The summed E-state index contributed by atoms with van der Waals surface area (Å²) in [5, 5.41) is 3.99. The lowest BCUT2D eigenvalue weighted by atomic mass is 10.2. The van der Waals surface area contributed by atoms with Crippen molar-refractivity contribution in [3.05, 3.63) is 71.3 Å². The van der Waals surface area contributed by atoms with Crippen LogP contribution in [0.2, 0.25) is 0 Å². The van der Waals surface area contributed by atoms with E-state index < -0.39 is 22.5 Å². The van der Waals surface area contributed by atoms with Gasteiger partial charge in [0.05, 0.1) is 45.2 Å². The van der Waals surface area contributed by atoms with E-state index in [1.807, 2.05) is 13.8 Å². The van der Waals surface area contributed by atoms with Gasteiger partial charge < -0.3 is 18.9 Å². The molecular weight excluding hydrogens is 510 g/mol. The van der Waals surface area contributed by atoms with Gasteiger partial charge in [0.25, 0.3) is 15.9 Å². The maximum absolute atomic E-state index is 13.7. The van der Waals surface area contributed by atoms with E-state index in [2.05, 4.69) is 10.5 Å². The van der Waals surface area contributed by atoms with Crippen molar-refractivity contribution in [1.29, 1.82) is 0 Å². The van der Waals surface area contributed by atoms with Crippen molar-refractivity contribution in [3.8, 4) is 23.0 Å². The lowest BCUT2D eigenvalue weighted by Gasteiger charge is -2.25. The Morgan fingerprint density at radius 1 is 0.842 bits per heavy atom. The molecule has 0 saturated heterocycles. The maximum Gasteiger partial charge on any atom is 0.264 e. The number of nitrogens with one attached hydrogen (secondary N) is 1. The van der Waals surface area contributed by atoms with Crippen molar-refractivity contribution >= 4 is 27.8 Å². The highest BCUT2D eigenvalue weighted by molar-refractivity contribution is 7.92. The number of methoxy groups -OCH3 is 4. The monoisotopic (exact) mass is 541 g/mol. The molecule has 0 spiro atoms. The smallest absolute Gasteiger partial charge is 0.264 e. The van der Waals surface area contributed by atoms with Crippen molar-refractivity contribution < 1.29 is 32.2 Å². The topological polar surface area (TPSA) is 116 Å². The summed E-state index contributed by atoms with van der Waals surface area (Å²) in [6.07, 6.45) is 1.38. The molecule has 0 radical (unpaired) electrons. The van der Waals surface area contributed by atoms with Gasteiger partial charge in [-0.3, -0.25) is 9.10 Å². The molecule has 0 heterocycles. The van der Waals surface area contributed by atoms with E-state index in [0.29, 0.717) is 28.6 Å². The van der Waals surface area contributed by atoms with Crippen LogP contribution in [-0.4, -0.2) is 55.5 Å². The first-order valence-electron chi connectivity index (χ1n) is 11.5. The minimum absolute atomic E-state index is 0.0420. The summed E-state index contributed by atoms with van der Waals surface area (Å²) in [5.74, 6) is 0.899. The molecule has 0 aliphatic rings. The molecule has 0 atom stereocenters. The molecule has 11 heteroatoms. The van der Waals surface area contributed by atoms with Crippen LogP contribution in [0.4, 0.5) is 5.69 Å². The average Bonchev–Trinajstić information content (AvgIpc) is 2.91. The number of aryl methyl sites for hydroxylation is 2. The molecule has 1 amide bonds. The van der Waals surface area contributed by atoms with Gasteiger partial charge in [-0.15, -0.1) is 0 Å². The van der Waals surface area contributed by atoms with Gasteiger partial charge >= 0.3 is 0 Å². The summed E-state index contributed by atoms with van der Waals surface area (Å²) in [6, 6.07) is 14.8. The van der Waals surface area contributed by atoms with Crippen molar-refractivity contribution in [3.63, 3.8) is 0 Å². The molecule has 3 aromatic rings. The number of hydrogen-bond donors (Lipinski definition) is 1. The van der Waals surface area contributed by atoms with E-state index in [1.165, 1.54) is 46.8 Å². The molecule has 0 aromatic heterocycles. The zero-order chi connectivity index (χ0) is 27.9. The number of nitrogens with zero attached hydrogens (tertiary/aromatic N) is 2. The van der Waals surface area contributed by atoms with Crippen LogP contribution in [0.15, 0.2) is 64.6 Å². The first-order valence-corrected chi connectivity index (χ1v) is 12.9. The van der Waals surface area contributed by atoms with E-state index >= 15 is 0 Å². The average molecular weight is 542 g/mol. The van der Waals surface area contributed by atoms with Crippen LogP contribution in [-0.2, 0) is 14.8 Å². The van der Waals surface area contributed by atoms with Gasteiger partial charge in [0.1, 0.15) is 12.3 Å². The number of rotatable bonds is 11. The normalized spacial score (nSPS) is 11.2. The van der Waals surface area contributed by atoms with Crippen LogP contribution in [0.1, 0.15) is 16.7 Å². The summed E-state index contributed by atoms with van der Waals surface area (Å²) in [6.45, 7) is 3.14. The third-order valence-electron chi connectivity index (χ3n) is 5.59. The predicted octanol–water partition coefficient (Wildman–Crippen LogP) is 3.68. The Balaban J connectivity index is 1.91. The molecule has 0 fully saturated rings. The van der Waals surface area contributed by atoms with Crippen LogP contribution in [0.25, 0.3) is 0 Å². The highest BCUT2D eigenvalue weighted by Crippen LogP contribution is 2.38. The Morgan fingerprint density at radius 3 is 1.97 bits per heavy atom. The molecule has 202 valence electrons. The zero-order valence-electron chi connectivity index (χ0n) is 22.1. The first-order chi connectivity index (χ1) is 18.1. The van der Waals surface area contributed by atoms with Gasteiger partial charge in [-0.05, 0) is 55.8 Å². The second-order valence-corrected chi connectivity index (χ2v) is 10.1. The Bertz CT molecular complexity index is 1400. The SMILES string of the molecule is COc1ccc(C)cc1N(CC(=O)N/N=C\c1cc(OC)c(OC)c(OC)c1)S(=O)(=O)c1ccc(C)cc1. The molecule has 0 unspecified atom stereocenters. The van der Waals surface area contributed by atoms with Crippen molar-refractivity contribution in [2.45, 2.75) is 18.7 Å². The van der Waals surface area contributed by atoms with Gasteiger partial charge in [-0.2, -0.15) is 5.10 Å². The molecule has 0 aliphatic heterocycles. The van der Waals surface area contributed by atoms with Crippen LogP contribution >= 0.6 is 0 Å². The number of carbonyl (C=O) groups is 1. The van der Waals surface area contributed by atoms with E-state index in [9.17, 15) is 13.2 Å². The quantitative estimate of drug-likeness (QED) is 0.291. The van der Waals surface area contributed by atoms with E-state index in [4.69, 9.17) is 18.9 Å². The largest absolute Gasteiger partial charge is 0.495 e. The summed E-state index contributed by atoms with van der Waals surface area (Å²) < 4.78 is 49.7.